The van der Waals surface area contributed by atoms with Gasteiger partial charge in [0.15, 0.2) is 0 Å². The molecule has 1 aliphatic rings. The van der Waals surface area contributed by atoms with Gasteiger partial charge in [-0.1, -0.05) is 6.07 Å². The molecule has 2 amide bonds. The second kappa shape index (κ2) is 10.1. The molecule has 1 aromatic carbocycles. The Kier molecular flexibility index (Phi) is 7.80. The van der Waals surface area contributed by atoms with Gasteiger partial charge < -0.3 is 10.2 Å². The van der Waals surface area contributed by atoms with Crippen LogP contribution in [0.4, 0.5) is 0 Å². The van der Waals surface area contributed by atoms with Crippen molar-refractivity contribution < 1.29 is 9.59 Å². The summed E-state index contributed by atoms with van der Waals surface area (Å²) in [5, 5.41) is 15.6. The highest BCUT2D eigenvalue weighted by Gasteiger charge is 2.22. The molecular formula is C19H21ClN4O2S. The Hall–Kier alpha value is -2.40. The van der Waals surface area contributed by atoms with Gasteiger partial charge in [-0.15, -0.1) is 12.4 Å². The minimum Gasteiger partial charge on any atom is -0.351 e. The summed E-state index contributed by atoms with van der Waals surface area (Å²) in [6.45, 7) is 4.20. The molecule has 2 heterocycles. The summed E-state index contributed by atoms with van der Waals surface area (Å²) in [5.41, 5.74) is 1.75. The zero-order valence-corrected chi connectivity index (χ0v) is 16.4. The van der Waals surface area contributed by atoms with Gasteiger partial charge in [-0.05, 0) is 29.6 Å². The molecule has 2 aromatic rings. The van der Waals surface area contributed by atoms with E-state index in [-0.39, 0.29) is 24.2 Å². The predicted molar refractivity (Wildman–Crippen MR) is 107 cm³/mol. The second-order valence-electron chi connectivity index (χ2n) is 6.09. The minimum atomic E-state index is -0.0440. The Morgan fingerprint density at radius 2 is 1.93 bits per heavy atom. The number of thiophene rings is 1. The normalized spacial score (nSPS) is 14.1. The van der Waals surface area contributed by atoms with Crippen molar-refractivity contribution in [1.29, 1.82) is 5.26 Å². The SMILES string of the molecule is Cl.N#Cc1cccc(C(=O)N2CCN(CCNC(=O)c3ccsc3)CC2)c1. The summed E-state index contributed by atoms with van der Waals surface area (Å²) < 4.78 is 0. The van der Waals surface area contributed by atoms with Crippen LogP contribution in [0.15, 0.2) is 41.1 Å². The molecule has 0 saturated carbocycles. The molecule has 1 saturated heterocycles. The van der Waals surface area contributed by atoms with Crippen molar-refractivity contribution in [1.82, 2.24) is 15.1 Å². The number of piperazine rings is 1. The molecule has 0 atom stereocenters. The highest BCUT2D eigenvalue weighted by molar-refractivity contribution is 7.08. The molecule has 0 bridgehead atoms. The van der Waals surface area contributed by atoms with Crippen molar-refractivity contribution in [3.05, 3.63) is 57.8 Å². The first kappa shape index (κ1) is 20.9. The van der Waals surface area contributed by atoms with E-state index in [4.69, 9.17) is 5.26 Å². The monoisotopic (exact) mass is 404 g/mol. The van der Waals surface area contributed by atoms with E-state index < -0.39 is 0 Å². The molecule has 1 fully saturated rings. The van der Waals surface area contributed by atoms with Gasteiger partial charge in [0.1, 0.15) is 0 Å². The van der Waals surface area contributed by atoms with Gasteiger partial charge in [-0.2, -0.15) is 16.6 Å². The first-order valence-electron chi connectivity index (χ1n) is 8.49. The molecule has 3 rings (SSSR count). The smallest absolute Gasteiger partial charge is 0.253 e. The summed E-state index contributed by atoms with van der Waals surface area (Å²) >= 11 is 1.51. The maximum atomic E-state index is 12.6. The van der Waals surface area contributed by atoms with E-state index in [2.05, 4.69) is 16.3 Å². The average molecular weight is 405 g/mol. The zero-order chi connectivity index (χ0) is 18.4. The second-order valence-corrected chi connectivity index (χ2v) is 6.87. The molecule has 142 valence electrons. The summed E-state index contributed by atoms with van der Waals surface area (Å²) in [4.78, 5) is 28.5. The number of hydrogen-bond acceptors (Lipinski definition) is 5. The fourth-order valence-electron chi connectivity index (χ4n) is 2.90. The number of halogens is 1. The topological polar surface area (TPSA) is 76.4 Å². The van der Waals surface area contributed by atoms with E-state index in [0.29, 0.717) is 36.3 Å². The van der Waals surface area contributed by atoms with E-state index >= 15 is 0 Å². The molecular weight excluding hydrogens is 384 g/mol. The third-order valence-electron chi connectivity index (χ3n) is 4.40. The molecule has 1 aromatic heterocycles. The maximum Gasteiger partial charge on any atom is 0.253 e. The lowest BCUT2D eigenvalue weighted by atomic mass is 10.1. The lowest BCUT2D eigenvalue weighted by Gasteiger charge is -2.34. The first-order chi connectivity index (χ1) is 12.7. The predicted octanol–water partition coefficient (Wildman–Crippen LogP) is 2.23. The number of nitrogens with one attached hydrogen (secondary N) is 1. The van der Waals surface area contributed by atoms with Crippen molar-refractivity contribution in [3.8, 4) is 6.07 Å². The van der Waals surface area contributed by atoms with Crippen molar-refractivity contribution in [3.63, 3.8) is 0 Å². The van der Waals surface area contributed by atoms with E-state index in [0.717, 1.165) is 19.6 Å². The van der Waals surface area contributed by atoms with Crippen LogP contribution in [0.3, 0.4) is 0 Å². The number of carbonyl (C=O) groups is 2. The first-order valence-corrected chi connectivity index (χ1v) is 9.44. The molecule has 0 radical (unpaired) electrons. The fourth-order valence-corrected chi connectivity index (χ4v) is 3.54. The Bertz CT molecular complexity index is 811. The van der Waals surface area contributed by atoms with Crippen LogP contribution in [-0.2, 0) is 0 Å². The van der Waals surface area contributed by atoms with Crippen LogP contribution < -0.4 is 5.32 Å². The van der Waals surface area contributed by atoms with Crippen LogP contribution in [0.5, 0.6) is 0 Å². The van der Waals surface area contributed by atoms with Gasteiger partial charge in [-0.25, -0.2) is 0 Å². The lowest BCUT2D eigenvalue weighted by Crippen LogP contribution is -2.50. The quantitative estimate of drug-likeness (QED) is 0.829. The molecule has 27 heavy (non-hydrogen) atoms. The molecule has 1 N–H and O–H groups in total. The van der Waals surface area contributed by atoms with E-state index in [1.807, 2.05) is 21.7 Å². The number of nitriles is 1. The van der Waals surface area contributed by atoms with Gasteiger partial charge in [0, 0.05) is 55.8 Å². The van der Waals surface area contributed by atoms with Gasteiger partial charge in [-0.3, -0.25) is 14.5 Å². The summed E-state index contributed by atoms with van der Waals surface area (Å²) in [7, 11) is 0. The third kappa shape index (κ3) is 5.54. The van der Waals surface area contributed by atoms with Gasteiger partial charge >= 0.3 is 0 Å². The van der Waals surface area contributed by atoms with Crippen LogP contribution in [0.25, 0.3) is 0 Å². The molecule has 1 aliphatic heterocycles. The fraction of sp³-hybridized carbons (Fsp3) is 0.316. The Morgan fingerprint density at radius 3 is 2.59 bits per heavy atom. The summed E-state index contributed by atoms with van der Waals surface area (Å²) in [6, 6.07) is 10.7. The van der Waals surface area contributed by atoms with Crippen molar-refractivity contribution in [2.75, 3.05) is 39.3 Å². The number of carbonyl (C=O) groups excluding carboxylic acids is 2. The average Bonchev–Trinajstić information content (AvgIpc) is 3.23. The Labute approximate surface area is 168 Å². The number of amides is 2. The Balaban J connectivity index is 0.00000261. The highest BCUT2D eigenvalue weighted by atomic mass is 35.5. The van der Waals surface area contributed by atoms with Crippen LogP contribution in [0.1, 0.15) is 26.3 Å². The minimum absolute atomic E-state index is 0. The van der Waals surface area contributed by atoms with Gasteiger partial charge in [0.2, 0.25) is 0 Å². The molecule has 6 nitrogen and oxygen atoms in total. The standard InChI is InChI=1S/C19H20N4O2S.ClH/c20-13-15-2-1-3-16(12-15)19(25)23-9-7-22(8-10-23)6-5-21-18(24)17-4-11-26-14-17;/h1-4,11-12,14H,5-10H2,(H,21,24);1H. The van der Waals surface area contributed by atoms with Crippen molar-refractivity contribution in [2.24, 2.45) is 0 Å². The van der Waals surface area contributed by atoms with Crippen LogP contribution in [0, 0.1) is 11.3 Å². The Morgan fingerprint density at radius 1 is 1.15 bits per heavy atom. The summed E-state index contributed by atoms with van der Waals surface area (Å²) in [5.74, 6) is -0.0788. The zero-order valence-electron chi connectivity index (χ0n) is 14.8. The molecule has 8 heteroatoms. The third-order valence-corrected chi connectivity index (χ3v) is 5.08. The maximum absolute atomic E-state index is 12.6. The molecule has 0 spiro atoms. The van der Waals surface area contributed by atoms with E-state index in [1.165, 1.54) is 11.3 Å². The largest absolute Gasteiger partial charge is 0.351 e. The van der Waals surface area contributed by atoms with Crippen molar-refractivity contribution in [2.45, 2.75) is 0 Å². The van der Waals surface area contributed by atoms with Gasteiger partial charge in [0.05, 0.1) is 11.6 Å². The molecule has 0 unspecified atom stereocenters. The number of rotatable bonds is 5. The number of hydrogen-bond donors (Lipinski definition) is 1. The van der Waals surface area contributed by atoms with E-state index in [9.17, 15) is 9.59 Å². The lowest BCUT2D eigenvalue weighted by molar-refractivity contribution is 0.0638. The summed E-state index contributed by atoms with van der Waals surface area (Å²) in [6.07, 6.45) is 0. The molecule has 0 aliphatic carbocycles. The highest BCUT2D eigenvalue weighted by Crippen LogP contribution is 2.11. The van der Waals surface area contributed by atoms with Crippen LogP contribution >= 0.6 is 23.7 Å². The van der Waals surface area contributed by atoms with Crippen LogP contribution in [-0.4, -0.2) is 60.9 Å². The number of benzene rings is 1. The van der Waals surface area contributed by atoms with E-state index in [1.54, 1.807) is 24.3 Å². The van der Waals surface area contributed by atoms with Gasteiger partial charge in [0.25, 0.3) is 11.8 Å². The van der Waals surface area contributed by atoms with Crippen molar-refractivity contribution >= 4 is 35.6 Å². The number of nitrogens with zero attached hydrogens (tertiary/aromatic N) is 3. The van der Waals surface area contributed by atoms with Crippen LogP contribution in [0.2, 0.25) is 0 Å².